The predicted octanol–water partition coefficient (Wildman–Crippen LogP) is 7.90. The van der Waals surface area contributed by atoms with Gasteiger partial charge < -0.3 is 31.5 Å². The summed E-state index contributed by atoms with van der Waals surface area (Å²) in [4.78, 5) is 58.7. The second kappa shape index (κ2) is 26.9. The van der Waals surface area contributed by atoms with Gasteiger partial charge in [0.05, 0.1) is 44.9 Å². The van der Waals surface area contributed by atoms with E-state index in [2.05, 4.69) is 21.3 Å². The Balaban J connectivity index is 1.29. The summed E-state index contributed by atoms with van der Waals surface area (Å²) in [6, 6.07) is 39.7. The predicted molar refractivity (Wildman–Crippen MR) is 319 cm³/mol. The van der Waals surface area contributed by atoms with Crippen LogP contribution in [0.1, 0.15) is 91.5 Å². The smallest absolute Gasteiger partial charge is 0.243 e. The lowest BCUT2D eigenvalue weighted by molar-refractivity contribution is -0.134. The van der Waals surface area contributed by atoms with Gasteiger partial charge in [0, 0.05) is 0 Å². The normalized spacial score (nSPS) is 15.5. The minimum atomic E-state index is -3.85. The Labute approximate surface area is 473 Å². The summed E-state index contributed by atoms with van der Waals surface area (Å²) in [5.41, 5.74) is 2.92. The number of fused-ring (bicyclic) bond motifs is 2. The van der Waals surface area contributed by atoms with Gasteiger partial charge in [0.2, 0.25) is 23.6 Å². The summed E-state index contributed by atoms with van der Waals surface area (Å²) in [6.45, 7) is 16.4. The molecular formula is C64H82N4O10S2. The first-order valence-corrected chi connectivity index (χ1v) is 30.9. The van der Waals surface area contributed by atoms with Crippen LogP contribution in [0.5, 0.6) is 0 Å². The average Bonchev–Trinajstić information content (AvgIpc) is 3.40. The summed E-state index contributed by atoms with van der Waals surface area (Å²) < 4.78 is 52.9. The molecule has 0 saturated heterocycles. The van der Waals surface area contributed by atoms with Crippen molar-refractivity contribution in [1.29, 1.82) is 0 Å². The molecule has 0 fully saturated rings. The fourth-order valence-corrected chi connectivity index (χ4v) is 12.4. The van der Waals surface area contributed by atoms with E-state index in [4.69, 9.17) is 0 Å². The Hall–Kier alpha value is -6.46. The molecule has 80 heavy (non-hydrogen) atoms. The molecule has 0 aliphatic carbocycles. The fourth-order valence-electron chi connectivity index (χ4n) is 9.84. The molecular weight excluding hydrogens is 1050 g/mol. The number of nitrogens with one attached hydrogen (secondary N) is 4. The first-order valence-electron chi connectivity index (χ1n) is 27.6. The van der Waals surface area contributed by atoms with Crippen LogP contribution in [0.4, 0.5) is 0 Å². The van der Waals surface area contributed by atoms with E-state index in [0.717, 1.165) is 32.7 Å². The lowest BCUT2D eigenvalue weighted by Crippen LogP contribution is -2.62. The Bertz CT molecular complexity index is 3070. The van der Waals surface area contributed by atoms with E-state index in [1.807, 2.05) is 97.1 Å². The number of aliphatic hydroxyl groups excluding tert-OH is 2. The average molecular weight is 1130 g/mol. The van der Waals surface area contributed by atoms with Crippen LogP contribution in [0.15, 0.2) is 146 Å². The van der Waals surface area contributed by atoms with Crippen molar-refractivity contribution >= 4 is 64.8 Å². The van der Waals surface area contributed by atoms with Crippen molar-refractivity contribution in [2.75, 3.05) is 11.5 Å². The summed E-state index contributed by atoms with van der Waals surface area (Å²) in [6.07, 6.45) is -3.37. The van der Waals surface area contributed by atoms with Crippen molar-refractivity contribution in [2.24, 2.45) is 23.7 Å². The minimum Gasteiger partial charge on any atom is -0.388 e. The molecule has 0 aromatic heterocycles. The lowest BCUT2D eigenvalue weighted by atomic mass is 9.90. The van der Waals surface area contributed by atoms with E-state index in [-0.39, 0.29) is 25.7 Å². The Kier molecular flexibility index (Phi) is 21.1. The fraction of sp³-hybridized carbons (Fsp3) is 0.438. The zero-order valence-corrected chi connectivity index (χ0v) is 49.5. The van der Waals surface area contributed by atoms with Gasteiger partial charge in [-0.05, 0) is 123 Å². The van der Waals surface area contributed by atoms with E-state index in [1.165, 1.54) is 0 Å². The maximum Gasteiger partial charge on any atom is 0.243 e. The highest BCUT2D eigenvalue weighted by Crippen LogP contribution is 2.28. The van der Waals surface area contributed by atoms with E-state index in [1.54, 1.807) is 118 Å². The molecule has 0 saturated carbocycles. The molecule has 4 amide bonds. The number of carbonyl (C=O) groups excluding carboxylic acids is 4. The minimum absolute atomic E-state index is 0.00332. The van der Waals surface area contributed by atoms with Crippen LogP contribution in [0.2, 0.25) is 0 Å². The van der Waals surface area contributed by atoms with Gasteiger partial charge >= 0.3 is 0 Å². The molecule has 8 atom stereocenters. The van der Waals surface area contributed by atoms with E-state index < -0.39 is 124 Å². The summed E-state index contributed by atoms with van der Waals surface area (Å²) in [7, 11) is -7.70. The third-order valence-electron chi connectivity index (χ3n) is 15.1. The Morgan fingerprint density at radius 1 is 0.412 bits per heavy atom. The maximum atomic E-state index is 14.7. The molecule has 0 radical (unpaired) electrons. The van der Waals surface area contributed by atoms with Crippen LogP contribution < -0.4 is 21.3 Å². The molecule has 0 unspecified atom stereocenters. The van der Waals surface area contributed by atoms with Crippen LogP contribution >= 0.6 is 0 Å². The van der Waals surface area contributed by atoms with Gasteiger partial charge in [-0.3, -0.25) is 19.2 Å². The van der Waals surface area contributed by atoms with Gasteiger partial charge in [-0.1, -0.05) is 173 Å². The van der Waals surface area contributed by atoms with E-state index in [9.17, 15) is 46.2 Å². The number of hydrogen-bond donors (Lipinski definition) is 6. The van der Waals surface area contributed by atoms with Crippen molar-refractivity contribution in [3.05, 3.63) is 168 Å². The number of benzene rings is 6. The van der Waals surface area contributed by atoms with Gasteiger partial charge in [0.25, 0.3) is 0 Å². The topological polar surface area (TPSA) is 225 Å². The first-order chi connectivity index (χ1) is 37.6. The van der Waals surface area contributed by atoms with E-state index in [0.29, 0.717) is 11.1 Å². The molecule has 6 aromatic rings. The number of sulfone groups is 2. The molecule has 6 N–H and O–H groups in total. The maximum absolute atomic E-state index is 14.7. The molecule has 6 rings (SSSR count). The summed E-state index contributed by atoms with van der Waals surface area (Å²) >= 11 is 0. The van der Waals surface area contributed by atoms with Crippen molar-refractivity contribution in [2.45, 2.75) is 141 Å². The second-order valence-electron chi connectivity index (χ2n) is 23.9. The Morgan fingerprint density at radius 3 is 1.05 bits per heavy atom. The SMILES string of the molecule is CC(C)[C@H](NC(=O)[C@H](Cc1cccc2ccccc12)CS(=O)(=O)C(C)(C)C)C(=O)N[C@H](Cc1ccccc1)[C@@H](O)[C@H](O)[C@@H](Cc1ccccc1)NC(=O)[C@@H](NC(=O)[C@@H](Cc1cccc2ccccc12)CS(=O)(=O)C(C)(C)C)C(C)C. The molecule has 0 aliphatic rings. The molecule has 0 spiro atoms. The molecule has 6 aromatic carbocycles. The molecule has 14 nitrogen and oxygen atoms in total. The van der Waals surface area contributed by atoms with Crippen LogP contribution in [-0.4, -0.2) is 108 Å². The van der Waals surface area contributed by atoms with Crippen molar-refractivity contribution in [1.82, 2.24) is 21.3 Å². The van der Waals surface area contributed by atoms with Crippen LogP contribution in [-0.2, 0) is 64.5 Å². The summed E-state index contributed by atoms with van der Waals surface area (Å²) in [5.74, 6) is -6.92. The highest BCUT2D eigenvalue weighted by atomic mass is 32.2. The number of amides is 4. The molecule has 0 bridgehead atoms. The summed E-state index contributed by atoms with van der Waals surface area (Å²) in [5, 5.41) is 40.1. The van der Waals surface area contributed by atoms with Gasteiger partial charge in [0.15, 0.2) is 19.7 Å². The monoisotopic (exact) mass is 1130 g/mol. The van der Waals surface area contributed by atoms with Crippen molar-refractivity contribution in [3.63, 3.8) is 0 Å². The van der Waals surface area contributed by atoms with Gasteiger partial charge in [0.1, 0.15) is 24.3 Å². The lowest BCUT2D eigenvalue weighted by Gasteiger charge is -2.35. The molecule has 0 aliphatic heterocycles. The molecule has 16 heteroatoms. The van der Waals surface area contributed by atoms with Crippen LogP contribution in [0, 0.1) is 23.7 Å². The quantitative estimate of drug-likeness (QED) is 0.0325. The van der Waals surface area contributed by atoms with Crippen LogP contribution in [0.25, 0.3) is 21.5 Å². The van der Waals surface area contributed by atoms with E-state index >= 15 is 0 Å². The van der Waals surface area contributed by atoms with Crippen molar-refractivity contribution < 1.29 is 46.2 Å². The standard InChI is InChI=1S/C64H82N4O10S2/c1-41(2)55(67-59(71)49(39-79(75,76)63(5,6)7)37-47-31-21-29-45-27-17-19-33-51(45)47)61(73)65-53(35-43-23-13-11-14-24-43)57(69)58(70)54(36-44-25-15-12-16-26-44)66-62(74)56(42(3)4)68-60(72)50(40-80(77,78)64(8,9)10)38-48-32-22-30-46-28-18-20-34-52(46)48/h11-34,41-42,49-50,53-58,69-70H,35-40H2,1-10H3,(H,65,73)(H,66,74)(H,67,71)(H,68,72)/t49-,50+,53-,54-,55+,56+,57-,58-/m1/s1. The molecule has 430 valence electrons. The zero-order chi connectivity index (χ0) is 58.7. The van der Waals surface area contributed by atoms with Crippen LogP contribution in [0.3, 0.4) is 0 Å². The largest absolute Gasteiger partial charge is 0.388 e. The van der Waals surface area contributed by atoms with Gasteiger partial charge in [-0.15, -0.1) is 0 Å². The first kappa shape index (κ1) is 62.7. The highest BCUT2D eigenvalue weighted by Gasteiger charge is 2.41. The van der Waals surface area contributed by atoms with Gasteiger partial charge in [-0.2, -0.15) is 0 Å². The number of hydrogen-bond acceptors (Lipinski definition) is 10. The van der Waals surface area contributed by atoms with Crippen molar-refractivity contribution in [3.8, 4) is 0 Å². The number of rotatable bonds is 25. The van der Waals surface area contributed by atoms with Gasteiger partial charge in [-0.25, -0.2) is 16.8 Å². The molecule has 0 heterocycles. The second-order valence-corrected chi connectivity index (χ2v) is 29.5. The Morgan fingerprint density at radius 2 is 0.725 bits per heavy atom. The highest BCUT2D eigenvalue weighted by molar-refractivity contribution is 7.93. The number of carbonyl (C=O) groups is 4. The zero-order valence-electron chi connectivity index (χ0n) is 47.8. The third kappa shape index (κ3) is 16.4. The number of aliphatic hydroxyl groups is 2. The third-order valence-corrected chi connectivity index (χ3v) is 20.5.